The van der Waals surface area contributed by atoms with Crippen molar-refractivity contribution in [1.29, 1.82) is 0 Å². The number of Topliss-reactive ketones (excluding diaryl/α,β-unsaturated/α-hetero) is 1. The summed E-state index contributed by atoms with van der Waals surface area (Å²) < 4.78 is 13.2. The number of rotatable bonds is 2. The number of piperidine rings is 1. The third-order valence-corrected chi connectivity index (χ3v) is 3.57. The monoisotopic (exact) mass is 235 g/mol. The number of ketones is 1. The number of carbonyl (C=O) groups excluding carboxylic acids is 1. The van der Waals surface area contributed by atoms with Crippen LogP contribution in [0.4, 0.5) is 4.39 Å². The van der Waals surface area contributed by atoms with Crippen LogP contribution in [0, 0.1) is 5.82 Å². The van der Waals surface area contributed by atoms with E-state index in [2.05, 4.69) is 18.7 Å². The Morgan fingerprint density at radius 2 is 2.24 bits per heavy atom. The van der Waals surface area contributed by atoms with E-state index in [0.29, 0.717) is 18.6 Å². The fourth-order valence-corrected chi connectivity index (χ4v) is 2.56. The standard InChI is InChI=1S/C14H18FNO/c1-10-8-14(17)6-7-16(10)11(2)12-4-3-5-13(15)9-12/h3-5,9-11H,6-8H2,1-2H3. The zero-order valence-corrected chi connectivity index (χ0v) is 10.3. The Balaban J connectivity index is 2.14. The summed E-state index contributed by atoms with van der Waals surface area (Å²) in [6, 6.07) is 7.12. The summed E-state index contributed by atoms with van der Waals surface area (Å²) in [4.78, 5) is 13.6. The number of halogens is 1. The Bertz CT molecular complexity index is 418. The average molecular weight is 235 g/mol. The molecular formula is C14H18FNO. The molecule has 1 aliphatic heterocycles. The second-order valence-electron chi connectivity index (χ2n) is 4.81. The Kier molecular flexibility index (Phi) is 3.57. The van der Waals surface area contributed by atoms with Gasteiger partial charge in [0.25, 0.3) is 0 Å². The van der Waals surface area contributed by atoms with Gasteiger partial charge in [-0.05, 0) is 31.5 Å². The van der Waals surface area contributed by atoms with Crippen molar-refractivity contribution in [2.75, 3.05) is 6.54 Å². The molecule has 2 nitrogen and oxygen atoms in total. The first-order valence-electron chi connectivity index (χ1n) is 6.11. The molecular weight excluding hydrogens is 217 g/mol. The predicted molar refractivity (Wildman–Crippen MR) is 65.2 cm³/mol. The first-order chi connectivity index (χ1) is 8.08. The van der Waals surface area contributed by atoms with Crippen LogP contribution < -0.4 is 0 Å². The van der Waals surface area contributed by atoms with Crippen LogP contribution in [0.15, 0.2) is 24.3 Å². The summed E-state index contributed by atoms with van der Waals surface area (Å²) in [5, 5.41) is 0. The molecule has 1 fully saturated rings. The van der Waals surface area contributed by atoms with E-state index in [1.54, 1.807) is 12.1 Å². The van der Waals surface area contributed by atoms with Gasteiger partial charge in [-0.15, -0.1) is 0 Å². The van der Waals surface area contributed by atoms with Crippen LogP contribution in [-0.4, -0.2) is 23.3 Å². The van der Waals surface area contributed by atoms with Gasteiger partial charge in [0.1, 0.15) is 11.6 Å². The highest BCUT2D eigenvalue weighted by atomic mass is 19.1. The number of hydrogen-bond donors (Lipinski definition) is 0. The maximum atomic E-state index is 13.2. The molecule has 0 radical (unpaired) electrons. The quantitative estimate of drug-likeness (QED) is 0.785. The Hall–Kier alpha value is -1.22. The van der Waals surface area contributed by atoms with Crippen molar-refractivity contribution in [3.05, 3.63) is 35.6 Å². The van der Waals surface area contributed by atoms with Crippen LogP contribution in [0.3, 0.4) is 0 Å². The van der Waals surface area contributed by atoms with Gasteiger partial charge < -0.3 is 0 Å². The maximum absolute atomic E-state index is 13.2. The molecule has 2 unspecified atom stereocenters. The highest BCUT2D eigenvalue weighted by molar-refractivity contribution is 5.79. The lowest BCUT2D eigenvalue weighted by atomic mass is 9.97. The minimum absolute atomic E-state index is 0.161. The number of hydrogen-bond acceptors (Lipinski definition) is 2. The van der Waals surface area contributed by atoms with Crippen LogP contribution in [-0.2, 0) is 4.79 Å². The van der Waals surface area contributed by atoms with Crippen molar-refractivity contribution in [2.24, 2.45) is 0 Å². The second kappa shape index (κ2) is 4.96. The summed E-state index contributed by atoms with van der Waals surface area (Å²) in [6.07, 6.45) is 1.23. The fourth-order valence-electron chi connectivity index (χ4n) is 2.56. The number of benzene rings is 1. The van der Waals surface area contributed by atoms with E-state index < -0.39 is 0 Å². The van der Waals surface area contributed by atoms with E-state index in [0.717, 1.165) is 12.1 Å². The molecule has 3 heteroatoms. The highest BCUT2D eigenvalue weighted by Crippen LogP contribution is 2.27. The van der Waals surface area contributed by atoms with E-state index in [9.17, 15) is 9.18 Å². The predicted octanol–water partition coefficient (Wildman–Crippen LogP) is 2.94. The summed E-state index contributed by atoms with van der Waals surface area (Å²) >= 11 is 0. The lowest BCUT2D eigenvalue weighted by Gasteiger charge is -2.37. The first-order valence-corrected chi connectivity index (χ1v) is 6.11. The van der Waals surface area contributed by atoms with Crippen LogP contribution in [0.1, 0.15) is 38.3 Å². The largest absolute Gasteiger partial charge is 0.300 e. The van der Waals surface area contributed by atoms with E-state index >= 15 is 0 Å². The van der Waals surface area contributed by atoms with Crippen molar-refractivity contribution in [1.82, 2.24) is 4.90 Å². The van der Waals surface area contributed by atoms with Crippen LogP contribution in [0.5, 0.6) is 0 Å². The van der Waals surface area contributed by atoms with Crippen LogP contribution in [0.2, 0.25) is 0 Å². The Morgan fingerprint density at radius 1 is 1.47 bits per heavy atom. The molecule has 0 N–H and O–H groups in total. The lowest BCUT2D eigenvalue weighted by molar-refractivity contribution is -0.123. The molecule has 2 atom stereocenters. The summed E-state index contributed by atoms with van der Waals surface area (Å²) in [5.41, 5.74) is 0.978. The minimum Gasteiger partial charge on any atom is -0.300 e. The Morgan fingerprint density at radius 3 is 2.88 bits per heavy atom. The van der Waals surface area contributed by atoms with E-state index in [1.165, 1.54) is 6.07 Å². The molecule has 1 aliphatic rings. The van der Waals surface area contributed by atoms with Gasteiger partial charge in [0.2, 0.25) is 0 Å². The Labute approximate surface area is 101 Å². The van der Waals surface area contributed by atoms with Crippen LogP contribution >= 0.6 is 0 Å². The van der Waals surface area contributed by atoms with Gasteiger partial charge in [-0.25, -0.2) is 4.39 Å². The van der Waals surface area contributed by atoms with Gasteiger partial charge in [0, 0.05) is 31.5 Å². The van der Waals surface area contributed by atoms with Crippen LogP contribution in [0.25, 0.3) is 0 Å². The maximum Gasteiger partial charge on any atom is 0.135 e. The van der Waals surface area contributed by atoms with Crippen molar-refractivity contribution >= 4 is 5.78 Å². The number of nitrogens with zero attached hydrogens (tertiary/aromatic N) is 1. The summed E-state index contributed by atoms with van der Waals surface area (Å²) in [6.45, 7) is 4.91. The van der Waals surface area contributed by atoms with Gasteiger partial charge >= 0.3 is 0 Å². The molecule has 0 aliphatic carbocycles. The zero-order chi connectivity index (χ0) is 12.4. The normalized spacial score (nSPS) is 23.7. The third-order valence-electron chi connectivity index (χ3n) is 3.57. The zero-order valence-electron chi connectivity index (χ0n) is 10.3. The molecule has 1 aromatic rings. The molecule has 92 valence electrons. The topological polar surface area (TPSA) is 20.3 Å². The average Bonchev–Trinajstić information content (AvgIpc) is 2.28. The lowest BCUT2D eigenvalue weighted by Crippen LogP contribution is -2.42. The van der Waals surface area contributed by atoms with Gasteiger partial charge in [-0.2, -0.15) is 0 Å². The molecule has 0 saturated carbocycles. The molecule has 2 rings (SSSR count). The summed E-state index contributed by atoms with van der Waals surface area (Å²) in [7, 11) is 0. The molecule has 17 heavy (non-hydrogen) atoms. The number of carbonyl (C=O) groups is 1. The van der Waals surface area contributed by atoms with Crippen molar-refractivity contribution in [3.8, 4) is 0 Å². The number of likely N-dealkylation sites (tertiary alicyclic amines) is 1. The minimum atomic E-state index is -0.199. The molecule has 0 spiro atoms. The molecule has 1 aromatic carbocycles. The molecule has 1 saturated heterocycles. The second-order valence-corrected chi connectivity index (χ2v) is 4.81. The molecule has 1 heterocycles. The van der Waals surface area contributed by atoms with E-state index in [1.807, 2.05) is 6.07 Å². The van der Waals surface area contributed by atoms with Gasteiger partial charge in [-0.1, -0.05) is 12.1 Å². The van der Waals surface area contributed by atoms with Gasteiger partial charge in [0.15, 0.2) is 0 Å². The summed E-state index contributed by atoms with van der Waals surface area (Å²) in [5.74, 6) is 0.135. The van der Waals surface area contributed by atoms with Crippen molar-refractivity contribution < 1.29 is 9.18 Å². The third kappa shape index (κ3) is 2.72. The van der Waals surface area contributed by atoms with E-state index in [4.69, 9.17) is 0 Å². The van der Waals surface area contributed by atoms with Crippen molar-refractivity contribution in [2.45, 2.75) is 38.8 Å². The highest BCUT2D eigenvalue weighted by Gasteiger charge is 2.27. The SMILES string of the molecule is CC1CC(=O)CCN1C(C)c1cccc(F)c1. The van der Waals surface area contributed by atoms with E-state index in [-0.39, 0.29) is 17.9 Å². The molecule has 0 aromatic heterocycles. The smallest absolute Gasteiger partial charge is 0.135 e. The van der Waals surface area contributed by atoms with Crippen molar-refractivity contribution in [3.63, 3.8) is 0 Å². The van der Waals surface area contributed by atoms with Gasteiger partial charge in [-0.3, -0.25) is 9.69 Å². The van der Waals surface area contributed by atoms with Gasteiger partial charge in [0.05, 0.1) is 0 Å². The molecule has 0 bridgehead atoms. The first kappa shape index (κ1) is 12.2. The fraction of sp³-hybridized carbons (Fsp3) is 0.500. The molecule has 0 amide bonds.